The largest absolute Gasteiger partial charge is 0.493 e. The van der Waals surface area contributed by atoms with Gasteiger partial charge in [0, 0.05) is 18.6 Å². The molecule has 1 saturated carbocycles. The summed E-state index contributed by atoms with van der Waals surface area (Å²) < 4.78 is 10.8. The van der Waals surface area contributed by atoms with E-state index in [4.69, 9.17) is 9.47 Å². The van der Waals surface area contributed by atoms with E-state index in [2.05, 4.69) is 48.6 Å². The zero-order chi connectivity index (χ0) is 16.4. The van der Waals surface area contributed by atoms with Crippen LogP contribution in [0.1, 0.15) is 24.4 Å². The van der Waals surface area contributed by atoms with E-state index in [0.29, 0.717) is 12.1 Å². The molecule has 4 heteroatoms. The maximum Gasteiger partial charge on any atom is 0.161 e. The first-order chi connectivity index (χ1) is 11.1. The van der Waals surface area contributed by atoms with Crippen LogP contribution in [-0.2, 0) is 0 Å². The Kier molecular flexibility index (Phi) is 4.93. The van der Waals surface area contributed by atoms with Gasteiger partial charge in [0.2, 0.25) is 0 Å². The summed E-state index contributed by atoms with van der Waals surface area (Å²) in [6.07, 6.45) is 7.32. The molecule has 2 aliphatic carbocycles. The highest BCUT2D eigenvalue weighted by Gasteiger charge is 2.40. The lowest BCUT2D eigenvalue weighted by molar-refractivity contribution is 0.150. The Morgan fingerprint density at radius 1 is 1.22 bits per heavy atom. The second-order valence-corrected chi connectivity index (χ2v) is 6.85. The van der Waals surface area contributed by atoms with Gasteiger partial charge in [-0.3, -0.25) is 0 Å². The summed E-state index contributed by atoms with van der Waals surface area (Å²) >= 11 is 0. The first-order valence-corrected chi connectivity index (χ1v) is 8.42. The number of hydrogen-bond donors (Lipinski definition) is 1. The number of nitrogens with zero attached hydrogens (tertiary/aromatic N) is 1. The molecule has 0 unspecified atom stereocenters. The lowest BCUT2D eigenvalue weighted by atomic mass is 9.71. The smallest absolute Gasteiger partial charge is 0.161 e. The second-order valence-electron chi connectivity index (χ2n) is 6.85. The van der Waals surface area contributed by atoms with Crippen LogP contribution in [0, 0.1) is 11.8 Å². The molecule has 0 spiro atoms. The summed E-state index contributed by atoms with van der Waals surface area (Å²) in [7, 11) is 7.61. The van der Waals surface area contributed by atoms with Crippen molar-refractivity contribution in [3.8, 4) is 11.5 Å². The average molecular weight is 316 g/mol. The summed E-state index contributed by atoms with van der Waals surface area (Å²) in [5, 5.41) is 3.77. The fourth-order valence-corrected chi connectivity index (χ4v) is 3.87. The van der Waals surface area contributed by atoms with Crippen molar-refractivity contribution >= 4 is 0 Å². The van der Waals surface area contributed by atoms with Gasteiger partial charge < -0.3 is 19.7 Å². The summed E-state index contributed by atoms with van der Waals surface area (Å²) in [6.45, 7) is 0.949. The summed E-state index contributed by atoms with van der Waals surface area (Å²) in [6, 6.07) is 7.17. The minimum atomic E-state index is 0.319. The molecule has 2 aliphatic rings. The lowest BCUT2D eigenvalue weighted by Crippen LogP contribution is -2.50. The molecule has 1 fully saturated rings. The van der Waals surface area contributed by atoms with E-state index in [1.165, 1.54) is 18.4 Å². The van der Waals surface area contributed by atoms with Crippen LogP contribution in [-0.4, -0.2) is 45.8 Å². The molecule has 1 aromatic carbocycles. The Bertz CT molecular complexity index is 570. The van der Waals surface area contributed by atoms with Crippen LogP contribution < -0.4 is 14.8 Å². The van der Waals surface area contributed by atoms with Gasteiger partial charge in [-0.25, -0.2) is 0 Å². The van der Waals surface area contributed by atoms with Gasteiger partial charge in [-0.2, -0.15) is 0 Å². The first-order valence-electron chi connectivity index (χ1n) is 8.42. The SMILES string of the molecule is COc1ccc([C@H](CN[C@@H]2C[C@H]3CC=C[C@@H]32)N(C)C)cc1OC. The summed E-state index contributed by atoms with van der Waals surface area (Å²) in [5.41, 5.74) is 1.25. The predicted octanol–water partition coefficient (Wildman–Crippen LogP) is 2.86. The molecule has 0 aliphatic heterocycles. The van der Waals surface area contributed by atoms with Crippen LogP contribution in [0.4, 0.5) is 0 Å². The molecule has 1 aromatic rings. The number of hydrogen-bond acceptors (Lipinski definition) is 4. The van der Waals surface area contributed by atoms with Gasteiger partial charge in [-0.15, -0.1) is 0 Å². The van der Waals surface area contributed by atoms with E-state index in [1.807, 2.05) is 6.07 Å². The number of rotatable bonds is 7. The van der Waals surface area contributed by atoms with Crippen LogP contribution in [0.3, 0.4) is 0 Å². The molecule has 0 aromatic heterocycles. The van der Waals surface area contributed by atoms with Crippen LogP contribution >= 0.6 is 0 Å². The van der Waals surface area contributed by atoms with E-state index in [1.54, 1.807) is 14.2 Å². The van der Waals surface area contributed by atoms with Crippen molar-refractivity contribution in [2.45, 2.75) is 24.9 Å². The van der Waals surface area contributed by atoms with Gasteiger partial charge >= 0.3 is 0 Å². The van der Waals surface area contributed by atoms with Crippen molar-refractivity contribution in [2.75, 3.05) is 34.9 Å². The zero-order valence-corrected chi connectivity index (χ0v) is 14.6. The third-order valence-corrected chi connectivity index (χ3v) is 5.35. The Balaban J connectivity index is 1.67. The number of likely N-dealkylation sites (N-methyl/N-ethyl adjacent to an activating group) is 1. The van der Waals surface area contributed by atoms with E-state index in [9.17, 15) is 0 Å². The van der Waals surface area contributed by atoms with Gasteiger partial charge in [-0.1, -0.05) is 18.2 Å². The van der Waals surface area contributed by atoms with E-state index < -0.39 is 0 Å². The highest BCUT2D eigenvalue weighted by molar-refractivity contribution is 5.43. The topological polar surface area (TPSA) is 33.7 Å². The molecule has 0 bridgehead atoms. The molecule has 0 heterocycles. The highest BCUT2D eigenvalue weighted by atomic mass is 16.5. The Labute approximate surface area is 139 Å². The second kappa shape index (κ2) is 6.93. The van der Waals surface area contributed by atoms with Crippen LogP contribution in [0.2, 0.25) is 0 Å². The third-order valence-electron chi connectivity index (χ3n) is 5.35. The van der Waals surface area contributed by atoms with Gasteiger partial charge in [0.1, 0.15) is 0 Å². The average Bonchev–Trinajstić information content (AvgIpc) is 2.91. The molecular weight excluding hydrogens is 288 g/mol. The minimum Gasteiger partial charge on any atom is -0.493 e. The molecule has 1 N–H and O–H groups in total. The van der Waals surface area contributed by atoms with Crippen molar-refractivity contribution in [1.29, 1.82) is 0 Å². The molecule has 4 nitrogen and oxygen atoms in total. The molecule has 0 saturated heterocycles. The molecule has 23 heavy (non-hydrogen) atoms. The molecule has 0 amide bonds. The standard InChI is InChI=1S/C19H28N2O2/c1-21(2)17(12-20-16-10-13-6-5-7-15(13)16)14-8-9-18(22-3)19(11-14)23-4/h5,7-9,11,13,15-17,20H,6,10,12H2,1-4H3/t13-,15+,16-,17+/m1/s1. The van der Waals surface area contributed by atoms with Gasteiger partial charge in [-0.05, 0) is 56.5 Å². The first kappa shape index (κ1) is 16.3. The zero-order valence-electron chi connectivity index (χ0n) is 14.6. The number of methoxy groups -OCH3 is 2. The van der Waals surface area contributed by atoms with Crippen molar-refractivity contribution < 1.29 is 9.47 Å². The number of benzene rings is 1. The Morgan fingerprint density at radius 2 is 2.00 bits per heavy atom. The molecule has 126 valence electrons. The third kappa shape index (κ3) is 3.24. The normalized spacial score (nSPS) is 26.7. The van der Waals surface area contributed by atoms with Crippen molar-refractivity contribution in [2.24, 2.45) is 11.8 Å². The quantitative estimate of drug-likeness (QED) is 0.784. The van der Waals surface area contributed by atoms with E-state index >= 15 is 0 Å². The van der Waals surface area contributed by atoms with Crippen molar-refractivity contribution in [3.05, 3.63) is 35.9 Å². The van der Waals surface area contributed by atoms with E-state index in [0.717, 1.165) is 29.9 Å². The summed E-state index contributed by atoms with van der Waals surface area (Å²) in [5.74, 6) is 3.22. The van der Waals surface area contributed by atoms with Crippen molar-refractivity contribution in [1.82, 2.24) is 10.2 Å². The van der Waals surface area contributed by atoms with Crippen LogP contribution in [0.15, 0.2) is 30.4 Å². The van der Waals surface area contributed by atoms with E-state index in [-0.39, 0.29) is 0 Å². The fourth-order valence-electron chi connectivity index (χ4n) is 3.87. The number of fused-ring (bicyclic) bond motifs is 1. The summed E-state index contributed by atoms with van der Waals surface area (Å²) in [4.78, 5) is 2.26. The lowest BCUT2D eigenvalue weighted by Gasteiger charge is -2.42. The predicted molar refractivity (Wildman–Crippen MR) is 93.1 cm³/mol. The Morgan fingerprint density at radius 3 is 2.65 bits per heavy atom. The molecule has 0 radical (unpaired) electrons. The van der Waals surface area contributed by atoms with Gasteiger partial charge in [0.05, 0.1) is 14.2 Å². The van der Waals surface area contributed by atoms with Gasteiger partial charge in [0.15, 0.2) is 11.5 Å². The molecule has 3 rings (SSSR count). The maximum atomic E-state index is 5.45. The Hall–Kier alpha value is -1.52. The number of nitrogens with one attached hydrogen (secondary N) is 1. The van der Waals surface area contributed by atoms with Crippen LogP contribution in [0.25, 0.3) is 0 Å². The van der Waals surface area contributed by atoms with Crippen LogP contribution in [0.5, 0.6) is 11.5 Å². The fraction of sp³-hybridized carbons (Fsp3) is 0.579. The maximum absolute atomic E-state index is 5.45. The monoisotopic (exact) mass is 316 g/mol. The highest BCUT2D eigenvalue weighted by Crippen LogP contribution is 2.42. The number of allylic oxidation sites excluding steroid dienone is 1. The number of ether oxygens (including phenoxy) is 2. The van der Waals surface area contributed by atoms with Crippen molar-refractivity contribution in [3.63, 3.8) is 0 Å². The molecule has 4 atom stereocenters. The minimum absolute atomic E-state index is 0.319. The van der Waals surface area contributed by atoms with Gasteiger partial charge in [0.25, 0.3) is 0 Å². The molecular formula is C19H28N2O2.